The van der Waals surface area contributed by atoms with E-state index in [9.17, 15) is 4.79 Å². The summed E-state index contributed by atoms with van der Waals surface area (Å²) in [6.45, 7) is 2.01. The van der Waals surface area contributed by atoms with Crippen LogP contribution in [0.4, 0.5) is 0 Å². The molecule has 0 radical (unpaired) electrons. The number of nitrogens with one attached hydrogen (secondary N) is 2. The summed E-state index contributed by atoms with van der Waals surface area (Å²) < 4.78 is 0. The lowest BCUT2D eigenvalue weighted by Gasteiger charge is -2.16. The fraction of sp³-hybridized carbons (Fsp3) is 0.278. The van der Waals surface area contributed by atoms with Crippen molar-refractivity contribution in [1.29, 1.82) is 5.26 Å². The van der Waals surface area contributed by atoms with Crippen LogP contribution >= 0.6 is 0 Å². The van der Waals surface area contributed by atoms with Gasteiger partial charge in [0.15, 0.2) is 0 Å². The number of allylic oxidation sites excluding steroid dienone is 1. The third kappa shape index (κ3) is 2.33. The Balaban J connectivity index is 1.59. The average molecular weight is 304 g/mol. The van der Waals surface area contributed by atoms with E-state index in [1.54, 1.807) is 18.2 Å². The van der Waals surface area contributed by atoms with Gasteiger partial charge < -0.3 is 10.3 Å². The zero-order valence-electron chi connectivity index (χ0n) is 12.8. The number of nitrogens with zero attached hydrogens (tertiary/aromatic N) is 2. The number of hydrogen-bond donors (Lipinski definition) is 2. The highest BCUT2D eigenvalue weighted by molar-refractivity contribution is 5.99. The summed E-state index contributed by atoms with van der Waals surface area (Å²) in [4.78, 5) is 20.3. The number of fused-ring (bicyclic) bond motifs is 1. The van der Waals surface area contributed by atoms with E-state index in [1.165, 1.54) is 0 Å². The number of benzene rings is 1. The van der Waals surface area contributed by atoms with Crippen molar-refractivity contribution in [3.63, 3.8) is 0 Å². The minimum atomic E-state index is -0.288. The zero-order valence-corrected chi connectivity index (χ0v) is 12.8. The molecular formula is C18H16N4O. The second-order valence-corrected chi connectivity index (χ2v) is 6.27. The second kappa shape index (κ2) is 4.82. The van der Waals surface area contributed by atoms with Crippen molar-refractivity contribution in [2.24, 2.45) is 4.99 Å². The molecule has 0 unspecified atom stereocenters. The Labute approximate surface area is 133 Å². The first-order valence-corrected chi connectivity index (χ1v) is 7.70. The maximum atomic E-state index is 12.6. The number of carbonyl (C=O) groups is 1. The van der Waals surface area contributed by atoms with Crippen molar-refractivity contribution in [3.8, 4) is 6.07 Å². The number of carbonyl (C=O) groups excluding carboxylic acids is 1. The first-order valence-electron chi connectivity index (χ1n) is 7.70. The summed E-state index contributed by atoms with van der Waals surface area (Å²) in [5.41, 5.74) is 3.75. The van der Waals surface area contributed by atoms with Crippen molar-refractivity contribution in [3.05, 3.63) is 47.3 Å². The van der Waals surface area contributed by atoms with Crippen LogP contribution in [0, 0.1) is 11.3 Å². The molecule has 5 nitrogen and oxygen atoms in total. The molecule has 2 N–H and O–H groups in total. The molecule has 0 spiro atoms. The van der Waals surface area contributed by atoms with Crippen LogP contribution in [0.25, 0.3) is 10.9 Å². The Morgan fingerprint density at radius 1 is 1.39 bits per heavy atom. The number of H-pyrrole nitrogens is 1. The van der Waals surface area contributed by atoms with Gasteiger partial charge in [-0.15, -0.1) is 0 Å². The quantitative estimate of drug-likeness (QED) is 0.913. The molecule has 0 atom stereocenters. The van der Waals surface area contributed by atoms with Gasteiger partial charge in [0.05, 0.1) is 22.9 Å². The standard InChI is InChI=1S/C18H16N4O/c1-11-2-5-16(20-11)18(6-7-18)22-17(23)15-9-13-8-12(10-19)3-4-14(13)21-15/h3-5,8-9,21H,2,6-7H2,1H3,(H,22,23). The van der Waals surface area contributed by atoms with E-state index in [0.29, 0.717) is 11.3 Å². The van der Waals surface area contributed by atoms with Gasteiger partial charge in [0, 0.05) is 23.0 Å². The maximum Gasteiger partial charge on any atom is 0.268 e. The summed E-state index contributed by atoms with van der Waals surface area (Å²) in [5, 5.41) is 13.0. The van der Waals surface area contributed by atoms with Gasteiger partial charge in [0.25, 0.3) is 5.91 Å². The van der Waals surface area contributed by atoms with Gasteiger partial charge in [0.2, 0.25) is 0 Å². The molecule has 1 aliphatic heterocycles. The fourth-order valence-electron chi connectivity index (χ4n) is 3.02. The number of aliphatic imine (C=N–C) groups is 1. The van der Waals surface area contributed by atoms with E-state index in [-0.39, 0.29) is 11.4 Å². The Morgan fingerprint density at radius 2 is 2.22 bits per heavy atom. The number of aromatic amines is 1. The maximum absolute atomic E-state index is 12.6. The minimum Gasteiger partial charge on any atom is -0.351 e. The van der Waals surface area contributed by atoms with E-state index in [4.69, 9.17) is 5.26 Å². The Kier molecular flexibility index (Phi) is 2.88. The van der Waals surface area contributed by atoms with E-state index >= 15 is 0 Å². The summed E-state index contributed by atoms with van der Waals surface area (Å²) in [5.74, 6) is -0.127. The molecule has 5 heteroatoms. The third-order valence-corrected chi connectivity index (χ3v) is 4.49. The van der Waals surface area contributed by atoms with Gasteiger partial charge >= 0.3 is 0 Å². The Bertz CT molecular complexity index is 922. The molecule has 0 bridgehead atoms. The van der Waals surface area contributed by atoms with Crippen LogP contribution in [0.2, 0.25) is 0 Å². The molecule has 1 amide bonds. The van der Waals surface area contributed by atoms with Crippen molar-refractivity contribution < 1.29 is 4.79 Å². The predicted octanol–water partition coefficient (Wildman–Crippen LogP) is 3.05. The number of hydrogen-bond acceptors (Lipinski definition) is 3. The van der Waals surface area contributed by atoms with Crippen LogP contribution < -0.4 is 5.32 Å². The molecule has 2 aromatic rings. The van der Waals surface area contributed by atoms with E-state index in [0.717, 1.165) is 41.6 Å². The van der Waals surface area contributed by atoms with Gasteiger partial charge in [-0.3, -0.25) is 9.79 Å². The van der Waals surface area contributed by atoms with Crippen LogP contribution in [0.3, 0.4) is 0 Å². The molecule has 1 aliphatic carbocycles. The topological polar surface area (TPSA) is 81.0 Å². The number of aromatic nitrogens is 1. The summed E-state index contributed by atoms with van der Waals surface area (Å²) in [7, 11) is 0. The lowest BCUT2D eigenvalue weighted by Crippen LogP contribution is -2.38. The van der Waals surface area contributed by atoms with E-state index in [1.807, 2.05) is 13.0 Å². The van der Waals surface area contributed by atoms with Crippen LogP contribution in [-0.2, 0) is 0 Å². The van der Waals surface area contributed by atoms with Gasteiger partial charge in [-0.05, 0) is 44.0 Å². The number of rotatable bonds is 3. The van der Waals surface area contributed by atoms with E-state index in [2.05, 4.69) is 27.4 Å². The van der Waals surface area contributed by atoms with Crippen molar-refractivity contribution in [2.45, 2.75) is 31.7 Å². The largest absolute Gasteiger partial charge is 0.351 e. The normalized spacial score (nSPS) is 18.3. The van der Waals surface area contributed by atoms with Crippen molar-refractivity contribution in [1.82, 2.24) is 10.3 Å². The predicted molar refractivity (Wildman–Crippen MR) is 88.3 cm³/mol. The third-order valence-electron chi connectivity index (χ3n) is 4.49. The highest BCUT2D eigenvalue weighted by atomic mass is 16.2. The van der Waals surface area contributed by atoms with Crippen LogP contribution in [0.15, 0.2) is 41.0 Å². The lowest BCUT2D eigenvalue weighted by molar-refractivity contribution is 0.0934. The van der Waals surface area contributed by atoms with Crippen LogP contribution in [-0.4, -0.2) is 22.1 Å². The van der Waals surface area contributed by atoms with Gasteiger partial charge in [-0.25, -0.2) is 0 Å². The SMILES string of the molecule is CC1=NC(C2(NC(=O)c3cc4cc(C#N)ccc4[nH]3)CC2)=CC1. The van der Waals surface area contributed by atoms with E-state index < -0.39 is 0 Å². The fourth-order valence-corrected chi connectivity index (χ4v) is 3.02. The lowest BCUT2D eigenvalue weighted by atomic mass is 10.1. The monoisotopic (exact) mass is 304 g/mol. The summed E-state index contributed by atoms with van der Waals surface area (Å²) >= 11 is 0. The zero-order chi connectivity index (χ0) is 16.0. The number of amides is 1. The van der Waals surface area contributed by atoms with Crippen LogP contribution in [0.1, 0.15) is 42.2 Å². The van der Waals surface area contributed by atoms with Gasteiger partial charge in [-0.2, -0.15) is 5.26 Å². The molecule has 23 heavy (non-hydrogen) atoms. The first-order chi connectivity index (χ1) is 11.1. The molecular weight excluding hydrogens is 288 g/mol. The average Bonchev–Trinajstić information content (AvgIpc) is 2.99. The molecule has 1 aromatic heterocycles. The molecule has 2 heterocycles. The van der Waals surface area contributed by atoms with Crippen molar-refractivity contribution in [2.75, 3.05) is 0 Å². The first kappa shape index (κ1) is 13.8. The highest BCUT2D eigenvalue weighted by Gasteiger charge is 2.48. The second-order valence-electron chi connectivity index (χ2n) is 6.27. The molecule has 0 saturated heterocycles. The van der Waals surface area contributed by atoms with Gasteiger partial charge in [-0.1, -0.05) is 6.08 Å². The van der Waals surface area contributed by atoms with Crippen LogP contribution in [0.5, 0.6) is 0 Å². The molecule has 1 fully saturated rings. The van der Waals surface area contributed by atoms with Gasteiger partial charge in [0.1, 0.15) is 5.69 Å². The molecule has 1 aromatic carbocycles. The molecule has 114 valence electrons. The Morgan fingerprint density at radius 3 is 2.87 bits per heavy atom. The molecule has 4 rings (SSSR count). The Hall–Kier alpha value is -2.87. The van der Waals surface area contributed by atoms with Crippen molar-refractivity contribution >= 4 is 22.5 Å². The molecule has 1 saturated carbocycles. The smallest absolute Gasteiger partial charge is 0.268 e. The highest BCUT2D eigenvalue weighted by Crippen LogP contribution is 2.44. The summed E-state index contributed by atoms with van der Waals surface area (Å²) in [6.07, 6.45) is 4.84. The summed E-state index contributed by atoms with van der Waals surface area (Å²) in [6, 6.07) is 9.25. The molecule has 2 aliphatic rings. The minimum absolute atomic E-state index is 0.127. The number of nitriles is 1.